The number of hydrogen-bond acceptors (Lipinski definition) is 4. The molecular weight excluding hydrogens is 356 g/mol. The van der Waals surface area contributed by atoms with Crippen LogP contribution in [-0.4, -0.2) is 11.1 Å². The van der Waals surface area contributed by atoms with Crippen molar-refractivity contribution < 1.29 is 10.0 Å². The van der Waals surface area contributed by atoms with Crippen LogP contribution in [0.2, 0.25) is 0 Å². The van der Waals surface area contributed by atoms with Gasteiger partial charge in [0.25, 0.3) is 5.91 Å². The fraction of sp³-hybridized carbons (Fsp3) is 0.0455. The van der Waals surface area contributed by atoms with Crippen LogP contribution in [0.25, 0.3) is 21.2 Å². The highest BCUT2D eigenvalue weighted by Gasteiger charge is 2.07. The molecule has 3 N–H and O–H groups in total. The lowest BCUT2D eigenvalue weighted by Crippen LogP contribution is -2.18. The molecule has 1 aromatic heterocycles. The van der Waals surface area contributed by atoms with Crippen LogP contribution in [0.15, 0.2) is 78.2 Å². The van der Waals surface area contributed by atoms with Crippen molar-refractivity contribution >= 4 is 33.0 Å². The summed E-state index contributed by atoms with van der Waals surface area (Å²) in [5.41, 5.74) is 6.66. The van der Waals surface area contributed by atoms with Gasteiger partial charge in [0.2, 0.25) is 0 Å². The Morgan fingerprint density at radius 3 is 2.44 bits per heavy atom. The Hall–Kier alpha value is -3.15. The minimum absolute atomic E-state index is 0.414. The number of carbonyl (C=O) groups excluding carboxylic acids is 1. The molecule has 0 fully saturated rings. The van der Waals surface area contributed by atoms with E-state index in [2.05, 4.69) is 53.2 Å². The molecule has 0 aliphatic heterocycles. The van der Waals surface area contributed by atoms with E-state index in [1.54, 1.807) is 28.9 Å². The minimum Gasteiger partial charge on any atom is -0.381 e. The van der Waals surface area contributed by atoms with Crippen molar-refractivity contribution in [2.24, 2.45) is 0 Å². The van der Waals surface area contributed by atoms with Gasteiger partial charge in [0.15, 0.2) is 0 Å². The molecule has 0 atom stereocenters. The number of amides is 1. The van der Waals surface area contributed by atoms with Crippen molar-refractivity contribution in [1.82, 2.24) is 5.48 Å². The van der Waals surface area contributed by atoms with Crippen LogP contribution in [0.5, 0.6) is 0 Å². The number of fused-ring (bicyclic) bond motifs is 1. The summed E-state index contributed by atoms with van der Waals surface area (Å²) in [6, 6.07) is 24.0. The zero-order valence-corrected chi connectivity index (χ0v) is 15.3. The molecule has 0 aliphatic rings. The van der Waals surface area contributed by atoms with Gasteiger partial charge in [-0.05, 0) is 57.8 Å². The summed E-state index contributed by atoms with van der Waals surface area (Å²) in [6.45, 7) is 0.705. The van der Waals surface area contributed by atoms with Crippen molar-refractivity contribution in [3.8, 4) is 11.1 Å². The molecular formula is C22H18N2O2S. The van der Waals surface area contributed by atoms with Gasteiger partial charge in [-0.25, -0.2) is 5.48 Å². The number of carbonyl (C=O) groups is 1. The maximum Gasteiger partial charge on any atom is 0.274 e. The lowest BCUT2D eigenvalue weighted by Gasteiger charge is -2.07. The van der Waals surface area contributed by atoms with E-state index < -0.39 is 5.91 Å². The Balaban J connectivity index is 1.50. The van der Waals surface area contributed by atoms with Gasteiger partial charge in [-0.1, -0.05) is 42.5 Å². The predicted molar refractivity (Wildman–Crippen MR) is 110 cm³/mol. The molecule has 4 aromatic rings. The Morgan fingerprint density at radius 2 is 1.70 bits per heavy atom. The van der Waals surface area contributed by atoms with Crippen LogP contribution in [0.4, 0.5) is 5.69 Å². The molecule has 0 saturated heterocycles. The first-order valence-corrected chi connectivity index (χ1v) is 9.46. The van der Waals surface area contributed by atoms with Crippen molar-refractivity contribution in [2.75, 3.05) is 5.32 Å². The van der Waals surface area contributed by atoms with E-state index in [1.807, 2.05) is 18.2 Å². The van der Waals surface area contributed by atoms with Crippen LogP contribution in [0.1, 0.15) is 15.9 Å². The maximum atomic E-state index is 11.4. The Bertz CT molecular complexity index is 1070. The number of rotatable bonds is 5. The first-order chi connectivity index (χ1) is 13.2. The zero-order valence-electron chi connectivity index (χ0n) is 14.5. The third kappa shape index (κ3) is 3.69. The maximum absolute atomic E-state index is 11.4. The molecule has 0 spiro atoms. The van der Waals surface area contributed by atoms with Crippen LogP contribution in [-0.2, 0) is 6.54 Å². The summed E-state index contributed by atoms with van der Waals surface area (Å²) < 4.78 is 1.27. The first-order valence-electron chi connectivity index (χ1n) is 8.58. The van der Waals surface area contributed by atoms with Crippen molar-refractivity contribution in [3.63, 3.8) is 0 Å². The highest BCUT2D eigenvalue weighted by atomic mass is 32.1. The molecule has 3 aromatic carbocycles. The Morgan fingerprint density at radius 1 is 0.926 bits per heavy atom. The minimum atomic E-state index is -0.514. The first kappa shape index (κ1) is 17.3. The summed E-state index contributed by atoms with van der Waals surface area (Å²) in [7, 11) is 0. The number of thiophene rings is 1. The summed E-state index contributed by atoms with van der Waals surface area (Å²) in [5, 5.41) is 15.5. The van der Waals surface area contributed by atoms with Gasteiger partial charge in [-0.3, -0.25) is 10.0 Å². The van der Waals surface area contributed by atoms with E-state index in [4.69, 9.17) is 5.21 Å². The lowest BCUT2D eigenvalue weighted by molar-refractivity contribution is 0.0706. The van der Waals surface area contributed by atoms with Gasteiger partial charge in [-0.2, -0.15) is 0 Å². The highest BCUT2D eigenvalue weighted by Crippen LogP contribution is 2.31. The fourth-order valence-electron chi connectivity index (χ4n) is 3.03. The molecule has 4 rings (SSSR count). The Labute approximate surface area is 161 Å². The van der Waals surface area contributed by atoms with Crippen LogP contribution >= 0.6 is 11.3 Å². The molecule has 0 bridgehead atoms. The SMILES string of the molecule is O=C(NO)c1ccc(NCc2csc3cc(-c4ccccc4)ccc23)cc1. The Kier molecular flexibility index (Phi) is 4.87. The summed E-state index contributed by atoms with van der Waals surface area (Å²) in [5.74, 6) is -0.514. The number of nitrogens with one attached hydrogen (secondary N) is 2. The molecule has 1 amide bonds. The molecule has 0 aliphatic carbocycles. The lowest BCUT2D eigenvalue weighted by atomic mass is 10.0. The molecule has 0 saturated carbocycles. The van der Waals surface area contributed by atoms with E-state index in [0.29, 0.717) is 12.1 Å². The van der Waals surface area contributed by atoms with Crippen molar-refractivity contribution in [3.05, 3.63) is 89.3 Å². The topological polar surface area (TPSA) is 61.4 Å². The van der Waals surface area contributed by atoms with E-state index >= 15 is 0 Å². The van der Waals surface area contributed by atoms with Gasteiger partial charge < -0.3 is 5.32 Å². The smallest absolute Gasteiger partial charge is 0.274 e. The second-order valence-corrected chi connectivity index (χ2v) is 7.12. The van der Waals surface area contributed by atoms with Gasteiger partial charge in [-0.15, -0.1) is 11.3 Å². The third-order valence-corrected chi connectivity index (χ3v) is 5.49. The van der Waals surface area contributed by atoms with E-state index in [1.165, 1.54) is 26.8 Å². The highest BCUT2D eigenvalue weighted by molar-refractivity contribution is 7.17. The monoisotopic (exact) mass is 374 g/mol. The molecule has 0 unspecified atom stereocenters. The van der Waals surface area contributed by atoms with E-state index in [0.717, 1.165) is 5.69 Å². The molecule has 0 radical (unpaired) electrons. The zero-order chi connectivity index (χ0) is 18.6. The van der Waals surface area contributed by atoms with Gasteiger partial charge >= 0.3 is 0 Å². The largest absolute Gasteiger partial charge is 0.381 e. The van der Waals surface area contributed by atoms with Gasteiger partial charge in [0.05, 0.1) is 0 Å². The molecule has 1 heterocycles. The number of hydroxylamine groups is 1. The molecule has 27 heavy (non-hydrogen) atoms. The number of anilines is 1. The second kappa shape index (κ2) is 7.61. The average molecular weight is 374 g/mol. The molecule has 5 heteroatoms. The summed E-state index contributed by atoms with van der Waals surface area (Å²) >= 11 is 1.75. The fourth-order valence-corrected chi connectivity index (χ4v) is 4.03. The molecule has 4 nitrogen and oxygen atoms in total. The van der Waals surface area contributed by atoms with Crippen molar-refractivity contribution in [2.45, 2.75) is 6.54 Å². The number of hydrogen-bond donors (Lipinski definition) is 3. The van der Waals surface area contributed by atoms with Crippen molar-refractivity contribution in [1.29, 1.82) is 0 Å². The average Bonchev–Trinajstić information content (AvgIpc) is 3.15. The third-order valence-electron chi connectivity index (χ3n) is 4.49. The van der Waals surface area contributed by atoms with Crippen LogP contribution in [0, 0.1) is 0 Å². The summed E-state index contributed by atoms with van der Waals surface area (Å²) in [6.07, 6.45) is 0. The van der Waals surface area contributed by atoms with E-state index in [9.17, 15) is 4.79 Å². The standard InChI is InChI=1S/C22H18N2O2S/c25-22(24-26)16-6-9-19(10-7-16)23-13-18-14-27-21-12-17(8-11-20(18)21)15-4-2-1-3-5-15/h1-12,14,23,26H,13H2,(H,24,25). The second-order valence-electron chi connectivity index (χ2n) is 6.21. The quantitative estimate of drug-likeness (QED) is 0.328. The van der Waals surface area contributed by atoms with Crippen LogP contribution in [0.3, 0.4) is 0 Å². The van der Waals surface area contributed by atoms with E-state index in [-0.39, 0.29) is 0 Å². The normalized spacial score (nSPS) is 10.7. The predicted octanol–water partition coefficient (Wildman–Crippen LogP) is 5.30. The van der Waals surface area contributed by atoms with Gasteiger partial charge in [0, 0.05) is 22.5 Å². The summed E-state index contributed by atoms with van der Waals surface area (Å²) in [4.78, 5) is 11.4. The van der Waals surface area contributed by atoms with Gasteiger partial charge in [0.1, 0.15) is 0 Å². The number of benzene rings is 3. The van der Waals surface area contributed by atoms with Crippen LogP contribution < -0.4 is 10.8 Å². The molecule has 134 valence electrons.